The number of morpholine rings is 1. The third-order valence-corrected chi connectivity index (χ3v) is 6.80. The van der Waals surface area contributed by atoms with Gasteiger partial charge in [0.15, 0.2) is 0 Å². The maximum Gasteiger partial charge on any atom is 0.407 e. The fourth-order valence-corrected chi connectivity index (χ4v) is 4.77. The van der Waals surface area contributed by atoms with Gasteiger partial charge in [-0.3, -0.25) is 4.98 Å². The third kappa shape index (κ3) is 4.99. The van der Waals surface area contributed by atoms with Crippen LogP contribution in [0.3, 0.4) is 0 Å². The number of ether oxygens (including phenoxy) is 2. The van der Waals surface area contributed by atoms with Crippen LogP contribution < -0.4 is 15.0 Å². The molecule has 5 rings (SSSR count). The smallest absolute Gasteiger partial charge is 0.407 e. The minimum absolute atomic E-state index is 0.00829. The minimum Gasteiger partial charge on any atom is -0.490 e. The predicted molar refractivity (Wildman–Crippen MR) is 137 cm³/mol. The molecular formula is C27H29N5O4. The minimum atomic E-state index is -0.877. The van der Waals surface area contributed by atoms with Gasteiger partial charge in [0.25, 0.3) is 0 Å². The predicted octanol–water partition coefficient (Wildman–Crippen LogP) is 4.52. The molecule has 2 fully saturated rings. The molecule has 186 valence electrons. The summed E-state index contributed by atoms with van der Waals surface area (Å²) in [6.45, 7) is 6.01. The lowest BCUT2D eigenvalue weighted by molar-refractivity contribution is 0.0891. The number of nitrogens with zero attached hydrogens (tertiary/aromatic N) is 4. The zero-order chi connectivity index (χ0) is 25.1. The van der Waals surface area contributed by atoms with E-state index in [-0.39, 0.29) is 6.10 Å². The first-order valence-corrected chi connectivity index (χ1v) is 12.2. The first kappa shape index (κ1) is 23.7. The van der Waals surface area contributed by atoms with Crippen molar-refractivity contribution in [2.75, 3.05) is 49.6 Å². The van der Waals surface area contributed by atoms with Gasteiger partial charge in [-0.15, -0.1) is 0 Å². The van der Waals surface area contributed by atoms with Crippen LogP contribution in [-0.2, 0) is 4.74 Å². The Morgan fingerprint density at radius 2 is 1.94 bits per heavy atom. The van der Waals surface area contributed by atoms with E-state index in [9.17, 15) is 10.1 Å². The number of likely N-dealkylation sites (tertiary alicyclic amines) is 1. The Hall–Kier alpha value is -4.03. The summed E-state index contributed by atoms with van der Waals surface area (Å²) >= 11 is 0. The summed E-state index contributed by atoms with van der Waals surface area (Å²) in [6.07, 6.45) is 2.06. The summed E-state index contributed by atoms with van der Waals surface area (Å²) in [5.74, 6) is 0.782. The number of carboxylic acid groups (broad SMARTS) is 1. The Bertz CT molecular complexity index is 1310. The number of hydrogen-bond donors (Lipinski definition) is 2. The van der Waals surface area contributed by atoms with Crippen molar-refractivity contribution in [1.29, 1.82) is 5.26 Å². The van der Waals surface area contributed by atoms with Gasteiger partial charge >= 0.3 is 6.09 Å². The lowest BCUT2D eigenvalue weighted by Gasteiger charge is -2.30. The molecule has 0 spiro atoms. The number of aromatic nitrogens is 1. The van der Waals surface area contributed by atoms with Crippen molar-refractivity contribution in [1.82, 2.24) is 9.88 Å². The highest BCUT2D eigenvalue weighted by Gasteiger charge is 2.24. The van der Waals surface area contributed by atoms with Crippen molar-refractivity contribution in [2.24, 2.45) is 0 Å². The van der Waals surface area contributed by atoms with Gasteiger partial charge in [-0.05, 0) is 48.9 Å². The molecule has 2 N–H and O–H groups in total. The van der Waals surface area contributed by atoms with E-state index >= 15 is 0 Å². The van der Waals surface area contributed by atoms with Crippen LogP contribution in [0.15, 0.2) is 42.6 Å². The second-order valence-corrected chi connectivity index (χ2v) is 9.15. The van der Waals surface area contributed by atoms with Gasteiger partial charge < -0.3 is 29.7 Å². The molecular weight excluding hydrogens is 458 g/mol. The number of benzene rings is 2. The third-order valence-electron chi connectivity index (χ3n) is 6.80. The molecule has 2 aromatic carbocycles. The first-order chi connectivity index (χ1) is 17.5. The van der Waals surface area contributed by atoms with Gasteiger partial charge in [0.2, 0.25) is 0 Å². The zero-order valence-corrected chi connectivity index (χ0v) is 20.2. The van der Waals surface area contributed by atoms with E-state index in [4.69, 9.17) is 14.6 Å². The maximum absolute atomic E-state index is 11.1. The number of fused-ring (bicyclic) bond motifs is 1. The molecule has 0 unspecified atom stereocenters. The molecule has 0 bridgehead atoms. The van der Waals surface area contributed by atoms with Crippen LogP contribution in [0.2, 0.25) is 0 Å². The van der Waals surface area contributed by atoms with Crippen molar-refractivity contribution in [2.45, 2.75) is 25.9 Å². The number of aryl methyl sites for hydroxylation is 1. The van der Waals surface area contributed by atoms with Crippen molar-refractivity contribution >= 4 is 34.1 Å². The number of pyridine rings is 1. The molecule has 9 nitrogen and oxygen atoms in total. The molecule has 36 heavy (non-hydrogen) atoms. The average Bonchev–Trinajstić information content (AvgIpc) is 2.91. The Morgan fingerprint density at radius 3 is 2.64 bits per heavy atom. The molecule has 0 aliphatic carbocycles. The highest BCUT2D eigenvalue weighted by molar-refractivity contribution is 5.97. The van der Waals surface area contributed by atoms with Crippen LogP contribution >= 0.6 is 0 Å². The van der Waals surface area contributed by atoms with E-state index in [0.717, 1.165) is 52.4 Å². The Morgan fingerprint density at radius 1 is 1.17 bits per heavy atom. The molecule has 2 aliphatic rings. The van der Waals surface area contributed by atoms with Crippen LogP contribution in [0.4, 0.5) is 21.9 Å². The van der Waals surface area contributed by atoms with Crippen molar-refractivity contribution in [3.05, 3.63) is 53.7 Å². The molecule has 3 heterocycles. The Balaban J connectivity index is 1.37. The van der Waals surface area contributed by atoms with Gasteiger partial charge in [-0.25, -0.2) is 4.79 Å². The highest BCUT2D eigenvalue weighted by atomic mass is 16.5. The normalized spacial score (nSPS) is 16.6. The number of hydrogen-bond acceptors (Lipinski definition) is 7. The van der Waals surface area contributed by atoms with Gasteiger partial charge in [-0.1, -0.05) is 0 Å². The van der Waals surface area contributed by atoms with E-state index in [1.807, 2.05) is 31.2 Å². The van der Waals surface area contributed by atoms with Crippen LogP contribution in [0.5, 0.6) is 5.75 Å². The number of carbonyl (C=O) groups is 1. The maximum atomic E-state index is 11.1. The van der Waals surface area contributed by atoms with Gasteiger partial charge in [-0.2, -0.15) is 5.26 Å². The summed E-state index contributed by atoms with van der Waals surface area (Å²) in [4.78, 5) is 19.3. The van der Waals surface area contributed by atoms with E-state index in [0.29, 0.717) is 44.7 Å². The lowest BCUT2D eigenvalue weighted by atomic mass is 10.1. The molecule has 9 heteroatoms. The van der Waals surface area contributed by atoms with E-state index in [1.54, 1.807) is 6.20 Å². The largest absolute Gasteiger partial charge is 0.490 e. The van der Waals surface area contributed by atoms with E-state index in [2.05, 4.69) is 33.4 Å². The number of rotatable bonds is 5. The van der Waals surface area contributed by atoms with Gasteiger partial charge in [0.05, 0.1) is 30.0 Å². The number of piperidine rings is 1. The topological polar surface area (TPSA) is 111 Å². The molecule has 2 saturated heterocycles. The van der Waals surface area contributed by atoms with E-state index < -0.39 is 6.09 Å². The van der Waals surface area contributed by atoms with Crippen LogP contribution in [0.1, 0.15) is 24.0 Å². The molecule has 0 saturated carbocycles. The summed E-state index contributed by atoms with van der Waals surface area (Å²) in [5.41, 5.74) is 4.92. The monoisotopic (exact) mass is 487 g/mol. The zero-order valence-electron chi connectivity index (χ0n) is 20.2. The van der Waals surface area contributed by atoms with Crippen LogP contribution in [-0.4, -0.2) is 66.6 Å². The molecule has 3 aromatic rings. The molecule has 1 aromatic heterocycles. The summed E-state index contributed by atoms with van der Waals surface area (Å²) in [6, 6.07) is 14.3. The molecule has 0 atom stereocenters. The quantitative estimate of drug-likeness (QED) is 0.541. The highest BCUT2D eigenvalue weighted by Crippen LogP contribution is 2.33. The number of anilines is 3. The van der Waals surface area contributed by atoms with E-state index in [1.165, 1.54) is 4.90 Å². The van der Waals surface area contributed by atoms with Gasteiger partial charge in [0, 0.05) is 62.0 Å². The van der Waals surface area contributed by atoms with Crippen LogP contribution in [0, 0.1) is 18.3 Å². The summed E-state index contributed by atoms with van der Waals surface area (Å²) in [5, 5.41) is 23.3. The summed E-state index contributed by atoms with van der Waals surface area (Å²) in [7, 11) is 0. The molecule has 2 aliphatic heterocycles. The number of nitrogens with one attached hydrogen (secondary N) is 1. The van der Waals surface area contributed by atoms with Crippen molar-refractivity contribution in [3.63, 3.8) is 0 Å². The molecule has 0 radical (unpaired) electrons. The van der Waals surface area contributed by atoms with Crippen molar-refractivity contribution in [3.8, 4) is 11.8 Å². The number of amides is 1. The molecule has 1 amide bonds. The van der Waals surface area contributed by atoms with Gasteiger partial charge in [0.1, 0.15) is 17.9 Å². The lowest BCUT2D eigenvalue weighted by Crippen LogP contribution is -2.41. The summed E-state index contributed by atoms with van der Waals surface area (Å²) < 4.78 is 11.7. The fraction of sp³-hybridized carbons (Fsp3) is 0.370. The standard InChI is InChI=1S/C27H29N5O4/c1-18-14-20(2-5-25(18)36-22-6-8-32(9-7-22)27(33)34)30-26-19(16-28)17-29-24-4-3-21(15-23(24)26)31-10-12-35-13-11-31/h2-5,14-15,17,22H,6-13H2,1H3,(H,29,30)(H,33,34). The fourth-order valence-electron chi connectivity index (χ4n) is 4.77. The number of nitriles is 1. The SMILES string of the molecule is Cc1cc(Nc2c(C#N)cnc3ccc(N4CCOCC4)cc23)ccc1OC1CCN(C(=O)O)CC1. The van der Waals surface area contributed by atoms with Crippen molar-refractivity contribution < 1.29 is 19.4 Å². The Kier molecular flexibility index (Phi) is 6.78. The second kappa shape index (κ2) is 10.3. The average molecular weight is 488 g/mol. The Labute approximate surface area is 209 Å². The first-order valence-electron chi connectivity index (χ1n) is 12.2. The second-order valence-electron chi connectivity index (χ2n) is 9.15. The van der Waals surface area contributed by atoms with Crippen LogP contribution in [0.25, 0.3) is 10.9 Å².